The van der Waals surface area contributed by atoms with Gasteiger partial charge in [-0.05, 0) is 31.2 Å². The zero-order valence-corrected chi connectivity index (χ0v) is 13.9. The lowest BCUT2D eigenvalue weighted by Crippen LogP contribution is -2.35. The van der Waals surface area contributed by atoms with Crippen LogP contribution < -0.4 is 14.4 Å². The smallest absolute Gasteiger partial charge is 0.386 e. The van der Waals surface area contributed by atoms with Crippen molar-refractivity contribution >= 4 is 5.97 Å². The quantitative estimate of drug-likeness (QED) is 0.527. The second kappa shape index (κ2) is 7.09. The number of para-hydroxylation sites is 1. The summed E-state index contributed by atoms with van der Waals surface area (Å²) in [5, 5.41) is 12.7. The molecule has 0 aliphatic rings. The Labute approximate surface area is 144 Å². The number of rotatable bonds is 5. The van der Waals surface area contributed by atoms with Gasteiger partial charge in [0.25, 0.3) is 5.76 Å². The third-order valence-corrected chi connectivity index (χ3v) is 3.61. The van der Waals surface area contributed by atoms with Crippen LogP contribution in [-0.2, 0) is 4.74 Å². The van der Waals surface area contributed by atoms with Gasteiger partial charge in [-0.15, -0.1) is 4.57 Å². The average molecular weight is 339 g/mol. The second-order valence-electron chi connectivity index (χ2n) is 5.16. The van der Waals surface area contributed by atoms with Crippen LogP contribution in [0.2, 0.25) is 0 Å². The molecular weight excluding hydrogens is 322 g/mol. The molecule has 0 aliphatic heterocycles. The molecule has 0 spiro atoms. The van der Waals surface area contributed by atoms with Gasteiger partial charge in [0, 0.05) is 12.1 Å². The van der Waals surface area contributed by atoms with Crippen LogP contribution >= 0.6 is 0 Å². The lowest BCUT2D eigenvalue weighted by atomic mass is 10.2. The van der Waals surface area contributed by atoms with Gasteiger partial charge >= 0.3 is 11.9 Å². The van der Waals surface area contributed by atoms with Crippen LogP contribution in [0.3, 0.4) is 0 Å². The van der Waals surface area contributed by atoms with Crippen LogP contribution in [0.15, 0.2) is 59.0 Å². The monoisotopic (exact) mass is 339 g/mol. The van der Waals surface area contributed by atoms with Gasteiger partial charge in [-0.25, -0.2) is 4.79 Å². The molecule has 0 bridgehead atoms. The average Bonchev–Trinajstić information content (AvgIpc) is 3.00. The molecule has 0 fully saturated rings. The van der Waals surface area contributed by atoms with Crippen molar-refractivity contribution in [1.29, 1.82) is 0 Å². The van der Waals surface area contributed by atoms with Crippen molar-refractivity contribution in [2.45, 2.75) is 6.92 Å². The Morgan fingerprint density at radius 3 is 2.40 bits per heavy atom. The summed E-state index contributed by atoms with van der Waals surface area (Å²) in [4.78, 5) is 12.0. The van der Waals surface area contributed by atoms with E-state index in [1.807, 2.05) is 6.07 Å². The molecule has 0 amide bonds. The maximum Gasteiger partial charge on any atom is 0.386 e. The Morgan fingerprint density at radius 2 is 1.80 bits per heavy atom. The molecule has 1 aromatic heterocycles. The molecule has 0 atom stereocenters. The van der Waals surface area contributed by atoms with Crippen molar-refractivity contribution in [2.75, 3.05) is 13.7 Å². The minimum atomic E-state index is -0.781. The Balaban J connectivity index is 2.18. The van der Waals surface area contributed by atoms with E-state index in [0.717, 1.165) is 0 Å². The molecule has 6 nitrogen and oxygen atoms in total. The summed E-state index contributed by atoms with van der Waals surface area (Å²) in [6, 6.07) is 16.0. The van der Waals surface area contributed by atoms with Crippen molar-refractivity contribution in [3.8, 4) is 28.8 Å². The van der Waals surface area contributed by atoms with Crippen LogP contribution in [0.25, 0.3) is 17.1 Å². The fourth-order valence-electron chi connectivity index (χ4n) is 2.44. The van der Waals surface area contributed by atoms with E-state index in [-0.39, 0.29) is 18.3 Å². The summed E-state index contributed by atoms with van der Waals surface area (Å²) in [5.74, 6) is -0.764. The van der Waals surface area contributed by atoms with E-state index in [9.17, 15) is 9.90 Å². The summed E-state index contributed by atoms with van der Waals surface area (Å²) in [7, 11) is 1.57. The highest BCUT2D eigenvalue weighted by atomic mass is 16.5. The molecular formula is C19H17NO5. The number of ether oxygens (including phenoxy) is 2. The Bertz CT molecular complexity index is 869. The van der Waals surface area contributed by atoms with Gasteiger partial charge in [0.05, 0.1) is 19.3 Å². The van der Waals surface area contributed by atoms with Crippen LogP contribution in [0.1, 0.15) is 17.5 Å². The Kier molecular flexibility index (Phi) is 4.70. The first-order chi connectivity index (χ1) is 12.2. The second-order valence-corrected chi connectivity index (χ2v) is 5.16. The third-order valence-electron chi connectivity index (χ3n) is 3.61. The number of aromatic nitrogens is 1. The summed E-state index contributed by atoms with van der Waals surface area (Å²) < 4.78 is 17.0. The number of carbonyl (C=O) groups is 1. The predicted octanol–water partition coefficient (Wildman–Crippen LogP) is 2.48. The summed E-state index contributed by atoms with van der Waals surface area (Å²) in [5.41, 5.74) is 1.23. The Hall–Kier alpha value is -3.28. The van der Waals surface area contributed by atoms with Gasteiger partial charge in [-0.3, -0.25) is 0 Å². The summed E-state index contributed by atoms with van der Waals surface area (Å²) in [6.07, 6.45) is 0. The predicted molar refractivity (Wildman–Crippen MR) is 87.6 cm³/mol. The molecule has 0 N–H and O–H groups in total. The minimum Gasteiger partial charge on any atom is -0.820 e. The number of hydrogen-bond acceptors (Lipinski definition) is 5. The largest absolute Gasteiger partial charge is 0.820 e. The third kappa shape index (κ3) is 3.19. The maximum atomic E-state index is 12.7. The van der Waals surface area contributed by atoms with Crippen LogP contribution in [0.4, 0.5) is 0 Å². The van der Waals surface area contributed by atoms with Crippen molar-refractivity contribution < 1.29 is 28.4 Å². The van der Waals surface area contributed by atoms with Crippen molar-refractivity contribution in [3.63, 3.8) is 0 Å². The molecule has 0 saturated heterocycles. The maximum absolute atomic E-state index is 12.7. The zero-order chi connectivity index (χ0) is 17.8. The van der Waals surface area contributed by atoms with Crippen molar-refractivity contribution in [2.24, 2.45) is 0 Å². The number of hydrogen-bond donors (Lipinski definition) is 0. The SMILES string of the molecule is CCOC(=O)c1oc(-c2ccc(OC)cc2)[n+](-c2ccccc2)c1[O-]. The molecule has 25 heavy (non-hydrogen) atoms. The topological polar surface area (TPSA) is 75.6 Å². The van der Waals surface area contributed by atoms with E-state index >= 15 is 0 Å². The molecule has 0 aliphatic carbocycles. The van der Waals surface area contributed by atoms with Gasteiger partial charge in [0.1, 0.15) is 5.75 Å². The molecule has 2 aromatic carbocycles. The van der Waals surface area contributed by atoms with Gasteiger partial charge in [0.2, 0.25) is 11.6 Å². The number of esters is 1. The normalized spacial score (nSPS) is 10.5. The number of carbonyl (C=O) groups excluding carboxylic acids is 1. The van der Waals surface area contributed by atoms with Crippen LogP contribution in [-0.4, -0.2) is 19.7 Å². The highest BCUT2D eigenvalue weighted by Crippen LogP contribution is 2.27. The minimum absolute atomic E-state index is 0.155. The molecule has 0 unspecified atom stereocenters. The number of methoxy groups -OCH3 is 1. The summed E-state index contributed by atoms with van der Waals surface area (Å²) >= 11 is 0. The first-order valence-electron chi connectivity index (χ1n) is 7.78. The van der Waals surface area contributed by atoms with Crippen LogP contribution in [0, 0.1) is 0 Å². The Morgan fingerprint density at radius 1 is 1.12 bits per heavy atom. The number of nitrogens with zero attached hydrogens (tertiary/aromatic N) is 1. The molecule has 6 heteroatoms. The lowest BCUT2D eigenvalue weighted by Gasteiger charge is -2.03. The summed E-state index contributed by atoms with van der Waals surface area (Å²) in [6.45, 7) is 1.82. The molecule has 1 heterocycles. The van der Waals surface area contributed by atoms with E-state index in [1.165, 1.54) is 4.57 Å². The molecule has 128 valence electrons. The van der Waals surface area contributed by atoms with E-state index < -0.39 is 11.8 Å². The molecule has 3 rings (SSSR count). The van der Waals surface area contributed by atoms with Gasteiger partial charge in [-0.1, -0.05) is 18.2 Å². The highest BCUT2D eigenvalue weighted by Gasteiger charge is 2.30. The van der Waals surface area contributed by atoms with Crippen LogP contribution in [0.5, 0.6) is 11.6 Å². The highest BCUT2D eigenvalue weighted by molar-refractivity contribution is 5.88. The first kappa shape index (κ1) is 16.6. The van der Waals surface area contributed by atoms with Crippen molar-refractivity contribution in [3.05, 3.63) is 60.4 Å². The zero-order valence-electron chi connectivity index (χ0n) is 13.9. The van der Waals surface area contributed by atoms with Gasteiger partial charge < -0.3 is 19.0 Å². The fraction of sp³-hybridized carbons (Fsp3) is 0.158. The van der Waals surface area contributed by atoms with Crippen molar-refractivity contribution in [1.82, 2.24) is 0 Å². The molecule has 3 aromatic rings. The molecule has 0 saturated carbocycles. The standard InChI is InChI=1S/C19H17NO5/c1-3-24-19(22)16-17(21)20(14-7-5-4-6-8-14)18(25-16)13-9-11-15(23-2)12-10-13/h4-12H,3H2,1-2H3. The van der Waals surface area contributed by atoms with Gasteiger partial charge in [0.15, 0.2) is 0 Å². The fourth-order valence-corrected chi connectivity index (χ4v) is 2.44. The van der Waals surface area contributed by atoms with E-state index in [1.54, 1.807) is 62.6 Å². The van der Waals surface area contributed by atoms with Gasteiger partial charge in [-0.2, -0.15) is 0 Å². The van der Waals surface area contributed by atoms with E-state index in [2.05, 4.69) is 0 Å². The van der Waals surface area contributed by atoms with E-state index in [4.69, 9.17) is 13.9 Å². The molecule has 0 radical (unpaired) electrons. The van der Waals surface area contributed by atoms with E-state index in [0.29, 0.717) is 17.0 Å². The lowest BCUT2D eigenvalue weighted by molar-refractivity contribution is -0.641. The number of benzene rings is 2. The first-order valence-corrected chi connectivity index (χ1v) is 7.78. The number of oxazole rings is 1.